The lowest BCUT2D eigenvalue weighted by atomic mass is 10.1. The number of alkyl halides is 2. The summed E-state index contributed by atoms with van der Waals surface area (Å²) in [6.07, 6.45) is -2.47. The predicted molar refractivity (Wildman–Crippen MR) is 53.3 cm³/mol. The zero-order valence-electron chi connectivity index (χ0n) is 7.37. The van der Waals surface area contributed by atoms with Crippen LogP contribution in [0.1, 0.15) is 12.0 Å². The number of nitrogens with two attached hydrogens (primary N) is 1. The summed E-state index contributed by atoms with van der Waals surface area (Å²) in [6.45, 7) is 0. The van der Waals surface area contributed by atoms with Gasteiger partial charge in [-0.05, 0) is 17.5 Å². The van der Waals surface area contributed by atoms with Gasteiger partial charge >= 0.3 is 0 Å². The summed E-state index contributed by atoms with van der Waals surface area (Å²) in [5, 5.41) is 1.57. The highest BCUT2D eigenvalue weighted by Crippen LogP contribution is 2.28. The van der Waals surface area contributed by atoms with Crippen molar-refractivity contribution in [3.05, 3.63) is 42.0 Å². The monoisotopic (exact) mass is 193 g/mol. The fourth-order valence-electron chi connectivity index (χ4n) is 1.49. The lowest BCUT2D eigenvalue weighted by Gasteiger charge is -2.05. The first-order valence-electron chi connectivity index (χ1n) is 4.25. The quantitative estimate of drug-likeness (QED) is 0.690. The van der Waals surface area contributed by atoms with E-state index in [2.05, 4.69) is 0 Å². The normalized spacial score (nSPS) is 11.1. The molecule has 0 amide bonds. The largest absolute Gasteiger partial charge is 0.398 e. The van der Waals surface area contributed by atoms with Crippen molar-refractivity contribution in [2.45, 2.75) is 6.43 Å². The van der Waals surface area contributed by atoms with Crippen molar-refractivity contribution in [1.29, 1.82) is 0 Å². The molecular formula is C11H9F2N. The zero-order chi connectivity index (χ0) is 10.1. The molecule has 0 spiro atoms. The number of rotatable bonds is 1. The Morgan fingerprint density at radius 1 is 1.07 bits per heavy atom. The van der Waals surface area contributed by atoms with Gasteiger partial charge in [-0.15, -0.1) is 0 Å². The van der Waals surface area contributed by atoms with Crippen molar-refractivity contribution < 1.29 is 8.78 Å². The second kappa shape index (κ2) is 3.25. The molecular weight excluding hydrogens is 184 g/mol. The minimum atomic E-state index is -2.47. The van der Waals surface area contributed by atoms with Crippen LogP contribution in [-0.2, 0) is 0 Å². The molecule has 2 N–H and O–H groups in total. The van der Waals surface area contributed by atoms with E-state index in [0.29, 0.717) is 5.69 Å². The molecule has 0 heterocycles. The highest BCUT2D eigenvalue weighted by molar-refractivity contribution is 5.93. The van der Waals surface area contributed by atoms with Crippen LogP contribution in [0.15, 0.2) is 36.4 Å². The molecule has 0 aliphatic rings. The number of anilines is 1. The van der Waals surface area contributed by atoms with Crippen LogP contribution in [0.3, 0.4) is 0 Å². The predicted octanol–water partition coefficient (Wildman–Crippen LogP) is 3.36. The fraction of sp³-hybridized carbons (Fsp3) is 0.0909. The molecule has 14 heavy (non-hydrogen) atoms. The van der Waals surface area contributed by atoms with Crippen LogP contribution in [0.25, 0.3) is 10.8 Å². The molecule has 2 rings (SSSR count). The number of halogens is 2. The molecule has 0 fully saturated rings. The summed E-state index contributed by atoms with van der Waals surface area (Å²) in [5.41, 5.74) is 6.04. The van der Waals surface area contributed by atoms with Crippen LogP contribution >= 0.6 is 0 Å². The first-order valence-corrected chi connectivity index (χ1v) is 4.25. The first kappa shape index (κ1) is 8.94. The SMILES string of the molecule is Nc1cc(C(F)F)cc2ccccc12. The van der Waals surface area contributed by atoms with E-state index in [-0.39, 0.29) is 5.56 Å². The Kier molecular flexibility index (Phi) is 2.08. The molecule has 0 unspecified atom stereocenters. The van der Waals surface area contributed by atoms with E-state index in [1.807, 2.05) is 12.1 Å². The van der Waals surface area contributed by atoms with Crippen LogP contribution in [0.4, 0.5) is 14.5 Å². The first-order chi connectivity index (χ1) is 6.68. The Balaban J connectivity index is 2.72. The molecule has 0 saturated carbocycles. The smallest absolute Gasteiger partial charge is 0.263 e. The second-order valence-corrected chi connectivity index (χ2v) is 3.13. The van der Waals surface area contributed by atoms with Gasteiger partial charge in [0.1, 0.15) is 0 Å². The summed E-state index contributed by atoms with van der Waals surface area (Å²) in [7, 11) is 0. The molecule has 2 aromatic rings. The summed E-state index contributed by atoms with van der Waals surface area (Å²) < 4.78 is 24.8. The molecule has 0 saturated heterocycles. The van der Waals surface area contributed by atoms with E-state index in [0.717, 1.165) is 10.8 Å². The van der Waals surface area contributed by atoms with Crippen LogP contribution < -0.4 is 5.73 Å². The highest BCUT2D eigenvalue weighted by atomic mass is 19.3. The molecule has 0 aromatic heterocycles. The third-order valence-electron chi connectivity index (χ3n) is 2.17. The number of fused-ring (bicyclic) bond motifs is 1. The van der Waals surface area contributed by atoms with Crippen LogP contribution in [0.2, 0.25) is 0 Å². The maximum atomic E-state index is 12.4. The maximum Gasteiger partial charge on any atom is 0.263 e. The topological polar surface area (TPSA) is 26.0 Å². The van der Waals surface area contributed by atoms with Crippen molar-refractivity contribution in [1.82, 2.24) is 0 Å². The Morgan fingerprint density at radius 3 is 2.50 bits per heavy atom. The number of hydrogen-bond donors (Lipinski definition) is 1. The highest BCUT2D eigenvalue weighted by Gasteiger charge is 2.09. The minimum absolute atomic E-state index is 0.0267. The van der Waals surface area contributed by atoms with Gasteiger partial charge in [-0.2, -0.15) is 0 Å². The molecule has 0 aliphatic carbocycles. The van der Waals surface area contributed by atoms with Crippen LogP contribution in [0.5, 0.6) is 0 Å². The Bertz CT molecular complexity index is 466. The van der Waals surface area contributed by atoms with Crippen LogP contribution in [-0.4, -0.2) is 0 Å². The van der Waals surface area contributed by atoms with Gasteiger partial charge in [0.25, 0.3) is 6.43 Å². The lowest BCUT2D eigenvalue weighted by molar-refractivity contribution is 0.151. The molecule has 0 bridgehead atoms. The average Bonchev–Trinajstić information content (AvgIpc) is 2.17. The number of nitrogen functional groups attached to an aromatic ring is 1. The van der Waals surface area contributed by atoms with Gasteiger partial charge in [0.2, 0.25) is 0 Å². The van der Waals surface area contributed by atoms with Gasteiger partial charge in [-0.25, -0.2) is 8.78 Å². The molecule has 0 atom stereocenters. The van der Waals surface area contributed by atoms with E-state index in [9.17, 15) is 8.78 Å². The van der Waals surface area contributed by atoms with Crippen molar-refractivity contribution >= 4 is 16.5 Å². The molecule has 2 aromatic carbocycles. The Morgan fingerprint density at radius 2 is 1.79 bits per heavy atom. The van der Waals surface area contributed by atoms with Crippen molar-refractivity contribution in [2.24, 2.45) is 0 Å². The molecule has 1 nitrogen and oxygen atoms in total. The van der Waals surface area contributed by atoms with Gasteiger partial charge in [0.15, 0.2) is 0 Å². The molecule has 0 aliphatic heterocycles. The Hall–Kier alpha value is -1.64. The van der Waals surface area contributed by atoms with Crippen molar-refractivity contribution in [2.75, 3.05) is 5.73 Å². The van der Waals surface area contributed by atoms with Gasteiger partial charge < -0.3 is 5.73 Å². The van der Waals surface area contributed by atoms with E-state index >= 15 is 0 Å². The summed E-state index contributed by atoms with van der Waals surface area (Å²) in [6, 6.07) is 10.0. The minimum Gasteiger partial charge on any atom is -0.398 e. The maximum absolute atomic E-state index is 12.4. The summed E-state index contributed by atoms with van der Waals surface area (Å²) >= 11 is 0. The summed E-state index contributed by atoms with van der Waals surface area (Å²) in [5.74, 6) is 0. The fourth-order valence-corrected chi connectivity index (χ4v) is 1.49. The van der Waals surface area contributed by atoms with E-state index in [1.54, 1.807) is 12.1 Å². The molecule has 3 heteroatoms. The van der Waals surface area contributed by atoms with Crippen LogP contribution in [0, 0.1) is 0 Å². The van der Waals surface area contributed by atoms with Gasteiger partial charge in [-0.3, -0.25) is 0 Å². The number of hydrogen-bond acceptors (Lipinski definition) is 1. The van der Waals surface area contributed by atoms with E-state index in [1.165, 1.54) is 12.1 Å². The third-order valence-corrected chi connectivity index (χ3v) is 2.17. The zero-order valence-corrected chi connectivity index (χ0v) is 7.37. The third kappa shape index (κ3) is 1.41. The van der Waals surface area contributed by atoms with Gasteiger partial charge in [-0.1, -0.05) is 24.3 Å². The van der Waals surface area contributed by atoms with E-state index in [4.69, 9.17) is 5.73 Å². The van der Waals surface area contributed by atoms with Gasteiger partial charge in [0, 0.05) is 16.6 Å². The van der Waals surface area contributed by atoms with Crippen molar-refractivity contribution in [3.8, 4) is 0 Å². The second-order valence-electron chi connectivity index (χ2n) is 3.13. The summed E-state index contributed by atoms with van der Waals surface area (Å²) in [4.78, 5) is 0. The Labute approximate surface area is 80.1 Å². The number of benzene rings is 2. The lowest BCUT2D eigenvalue weighted by Crippen LogP contribution is -1.91. The van der Waals surface area contributed by atoms with E-state index < -0.39 is 6.43 Å². The standard InChI is InChI=1S/C11H9F2N/c12-11(13)8-5-7-3-1-2-4-9(7)10(14)6-8/h1-6,11H,14H2. The van der Waals surface area contributed by atoms with Crippen molar-refractivity contribution in [3.63, 3.8) is 0 Å². The van der Waals surface area contributed by atoms with Gasteiger partial charge in [0.05, 0.1) is 0 Å². The average molecular weight is 193 g/mol. The molecule has 0 radical (unpaired) electrons. The molecule has 72 valence electrons.